The molecule has 0 nitrogen and oxygen atoms in total. The van der Waals surface area contributed by atoms with E-state index < -0.39 is 0 Å². The van der Waals surface area contributed by atoms with Crippen molar-refractivity contribution in [3.05, 3.63) is 47.2 Å². The summed E-state index contributed by atoms with van der Waals surface area (Å²) in [5, 5.41) is 0. The molecule has 0 aliphatic heterocycles. The SMILES string of the molecule is C=C=Cc1cc(C)cc(C)c1. The van der Waals surface area contributed by atoms with Gasteiger partial charge >= 0.3 is 0 Å². The Balaban J connectivity index is 3.18. The van der Waals surface area contributed by atoms with Gasteiger partial charge in [-0.1, -0.05) is 35.9 Å². The standard InChI is InChI=1S/C11H12/c1-4-5-11-7-9(2)6-10(3)8-11/h5-8H,1H2,2-3H3. The van der Waals surface area contributed by atoms with Crippen molar-refractivity contribution in [2.45, 2.75) is 13.8 Å². The van der Waals surface area contributed by atoms with Crippen LogP contribution in [0.1, 0.15) is 16.7 Å². The third-order valence-electron chi connectivity index (χ3n) is 1.51. The molecule has 11 heavy (non-hydrogen) atoms. The number of aryl methyl sites for hydroxylation is 2. The van der Waals surface area contributed by atoms with Crippen molar-refractivity contribution in [1.29, 1.82) is 0 Å². The summed E-state index contributed by atoms with van der Waals surface area (Å²) in [6.45, 7) is 7.72. The fourth-order valence-corrected chi connectivity index (χ4v) is 1.21. The van der Waals surface area contributed by atoms with Crippen molar-refractivity contribution < 1.29 is 0 Å². The van der Waals surface area contributed by atoms with Gasteiger partial charge in [0.2, 0.25) is 0 Å². The number of hydrogen-bond acceptors (Lipinski definition) is 0. The molecule has 0 heterocycles. The summed E-state index contributed by atoms with van der Waals surface area (Å²) in [7, 11) is 0. The first-order chi connectivity index (χ1) is 5.22. The van der Waals surface area contributed by atoms with Gasteiger partial charge in [-0.25, -0.2) is 0 Å². The molecule has 0 spiro atoms. The van der Waals surface area contributed by atoms with Crippen LogP contribution in [0.3, 0.4) is 0 Å². The van der Waals surface area contributed by atoms with Crippen molar-refractivity contribution in [3.63, 3.8) is 0 Å². The largest absolute Gasteiger partial charge is 0.128 e. The van der Waals surface area contributed by atoms with E-state index in [1.165, 1.54) is 16.7 Å². The lowest BCUT2D eigenvalue weighted by Gasteiger charge is -1.97. The van der Waals surface area contributed by atoms with Crippen LogP contribution in [0, 0.1) is 13.8 Å². The van der Waals surface area contributed by atoms with Crippen molar-refractivity contribution >= 4 is 6.08 Å². The minimum atomic E-state index is 1.18. The first-order valence-corrected chi connectivity index (χ1v) is 3.66. The molecule has 56 valence electrons. The minimum absolute atomic E-state index is 1.18. The average molecular weight is 144 g/mol. The molecule has 1 rings (SSSR count). The zero-order valence-corrected chi connectivity index (χ0v) is 7.02. The second kappa shape index (κ2) is 3.23. The van der Waals surface area contributed by atoms with Gasteiger partial charge in [0.25, 0.3) is 0 Å². The molecule has 0 amide bonds. The van der Waals surface area contributed by atoms with Crippen molar-refractivity contribution in [2.24, 2.45) is 0 Å². The van der Waals surface area contributed by atoms with Gasteiger partial charge in [-0.2, -0.15) is 0 Å². The molecule has 0 saturated heterocycles. The summed E-state index contributed by atoms with van der Waals surface area (Å²) in [6, 6.07) is 6.39. The fraction of sp³-hybridized carbons (Fsp3) is 0.182. The highest BCUT2D eigenvalue weighted by atomic mass is 13.9. The van der Waals surface area contributed by atoms with Gasteiger partial charge in [-0.05, 0) is 25.5 Å². The van der Waals surface area contributed by atoms with Crippen LogP contribution in [0.2, 0.25) is 0 Å². The highest BCUT2D eigenvalue weighted by Gasteiger charge is 1.90. The third-order valence-corrected chi connectivity index (χ3v) is 1.51. The number of benzene rings is 1. The number of rotatable bonds is 1. The van der Waals surface area contributed by atoms with E-state index in [0.717, 1.165) is 0 Å². The summed E-state index contributed by atoms with van der Waals surface area (Å²) in [6.07, 6.45) is 1.89. The van der Waals surface area contributed by atoms with Crippen LogP contribution in [0.25, 0.3) is 6.08 Å². The van der Waals surface area contributed by atoms with Crippen LogP contribution in [-0.4, -0.2) is 0 Å². The zero-order chi connectivity index (χ0) is 8.27. The van der Waals surface area contributed by atoms with E-state index in [-0.39, 0.29) is 0 Å². The predicted octanol–water partition coefficient (Wildman–Crippen LogP) is 3.10. The number of hydrogen-bond donors (Lipinski definition) is 0. The van der Waals surface area contributed by atoms with Gasteiger partial charge in [0.1, 0.15) is 0 Å². The Morgan fingerprint density at radius 2 is 1.73 bits per heavy atom. The van der Waals surface area contributed by atoms with Crippen LogP contribution in [0.15, 0.2) is 30.5 Å². The Bertz CT molecular complexity index is 282. The summed E-state index contributed by atoms with van der Waals surface area (Å²) < 4.78 is 0. The van der Waals surface area contributed by atoms with Crippen LogP contribution >= 0.6 is 0 Å². The highest BCUT2D eigenvalue weighted by molar-refractivity contribution is 5.50. The van der Waals surface area contributed by atoms with Crippen molar-refractivity contribution in [2.75, 3.05) is 0 Å². The summed E-state index contributed by atoms with van der Waals surface area (Å²) in [4.78, 5) is 0. The molecule has 0 N–H and O–H groups in total. The molecular formula is C11H12. The molecule has 0 atom stereocenters. The van der Waals surface area contributed by atoms with Gasteiger partial charge in [0.05, 0.1) is 0 Å². The topological polar surface area (TPSA) is 0 Å². The molecule has 0 saturated carbocycles. The van der Waals surface area contributed by atoms with Gasteiger partial charge in [-0.15, -0.1) is 5.73 Å². The second-order valence-corrected chi connectivity index (χ2v) is 2.77. The molecule has 0 unspecified atom stereocenters. The average Bonchev–Trinajstić information content (AvgIpc) is 1.85. The molecule has 0 aromatic heterocycles. The van der Waals surface area contributed by atoms with E-state index >= 15 is 0 Å². The first-order valence-electron chi connectivity index (χ1n) is 3.66. The lowest BCUT2D eigenvalue weighted by atomic mass is 10.1. The fourth-order valence-electron chi connectivity index (χ4n) is 1.21. The summed E-state index contributed by atoms with van der Waals surface area (Å²) >= 11 is 0. The maximum absolute atomic E-state index is 3.53. The lowest BCUT2D eigenvalue weighted by molar-refractivity contribution is 1.37. The second-order valence-electron chi connectivity index (χ2n) is 2.77. The smallest absolute Gasteiger partial charge is 0.0133 e. The van der Waals surface area contributed by atoms with Gasteiger partial charge in [-0.3, -0.25) is 0 Å². The van der Waals surface area contributed by atoms with Crippen LogP contribution in [0.5, 0.6) is 0 Å². The van der Waals surface area contributed by atoms with Crippen LogP contribution < -0.4 is 0 Å². The van der Waals surface area contributed by atoms with E-state index in [2.05, 4.69) is 44.4 Å². The first kappa shape index (κ1) is 7.84. The van der Waals surface area contributed by atoms with Gasteiger partial charge in [0, 0.05) is 0 Å². The Labute approximate surface area is 67.9 Å². The summed E-state index contributed by atoms with van der Waals surface area (Å²) in [5.74, 6) is 0. The lowest BCUT2D eigenvalue weighted by Crippen LogP contribution is -1.78. The van der Waals surface area contributed by atoms with Crippen molar-refractivity contribution in [3.8, 4) is 0 Å². The van der Waals surface area contributed by atoms with Crippen LogP contribution in [0.4, 0.5) is 0 Å². The van der Waals surface area contributed by atoms with Crippen LogP contribution in [-0.2, 0) is 0 Å². The molecule has 1 aromatic carbocycles. The maximum Gasteiger partial charge on any atom is -0.0133 e. The minimum Gasteiger partial charge on any atom is -0.128 e. The third kappa shape index (κ3) is 2.10. The normalized spacial score (nSPS) is 8.91. The summed E-state index contributed by atoms with van der Waals surface area (Å²) in [5.41, 5.74) is 6.51. The molecule has 0 radical (unpaired) electrons. The molecular weight excluding hydrogens is 132 g/mol. The molecule has 0 aliphatic rings. The van der Waals surface area contributed by atoms with Gasteiger partial charge < -0.3 is 0 Å². The highest BCUT2D eigenvalue weighted by Crippen LogP contribution is 2.09. The molecule has 0 heteroatoms. The zero-order valence-electron chi connectivity index (χ0n) is 7.02. The Morgan fingerprint density at radius 3 is 2.18 bits per heavy atom. The predicted molar refractivity (Wildman–Crippen MR) is 49.5 cm³/mol. The van der Waals surface area contributed by atoms with E-state index in [1.54, 1.807) is 0 Å². The Kier molecular flexibility index (Phi) is 2.30. The molecule has 0 bridgehead atoms. The Morgan fingerprint density at radius 1 is 1.18 bits per heavy atom. The Hall–Kier alpha value is -1.26. The quantitative estimate of drug-likeness (QED) is 0.531. The van der Waals surface area contributed by atoms with E-state index in [0.29, 0.717) is 0 Å². The van der Waals surface area contributed by atoms with Gasteiger partial charge in [0.15, 0.2) is 0 Å². The van der Waals surface area contributed by atoms with Crippen molar-refractivity contribution in [1.82, 2.24) is 0 Å². The van der Waals surface area contributed by atoms with E-state index in [4.69, 9.17) is 0 Å². The van der Waals surface area contributed by atoms with E-state index in [1.807, 2.05) is 6.08 Å². The molecule has 1 aromatic rings. The molecule has 0 aliphatic carbocycles. The molecule has 0 fully saturated rings. The monoisotopic (exact) mass is 144 g/mol. The maximum atomic E-state index is 3.53. The van der Waals surface area contributed by atoms with E-state index in [9.17, 15) is 0 Å².